The summed E-state index contributed by atoms with van der Waals surface area (Å²) in [6.07, 6.45) is -0.00866. The summed E-state index contributed by atoms with van der Waals surface area (Å²) in [5, 5.41) is 0.939. The molecule has 0 aliphatic carbocycles. The Bertz CT molecular complexity index is 1100. The molecule has 1 aromatic carbocycles. The zero-order valence-corrected chi connectivity index (χ0v) is 18.2. The number of amides is 1. The Morgan fingerprint density at radius 2 is 1.88 bits per heavy atom. The number of para-hydroxylation sites is 1. The molecule has 9 heteroatoms. The topological polar surface area (TPSA) is 49.3 Å². The van der Waals surface area contributed by atoms with Gasteiger partial charge in [0.05, 0.1) is 27.7 Å². The number of piperidine rings is 1. The van der Waals surface area contributed by atoms with Crippen LogP contribution in [0.5, 0.6) is 0 Å². The van der Waals surface area contributed by atoms with E-state index in [9.17, 15) is 18.0 Å². The third-order valence-corrected chi connectivity index (χ3v) is 7.43. The molecule has 32 heavy (non-hydrogen) atoms. The second kappa shape index (κ2) is 8.35. The van der Waals surface area contributed by atoms with Crippen LogP contribution in [0.1, 0.15) is 42.3 Å². The number of benzene rings is 1. The van der Waals surface area contributed by atoms with E-state index in [2.05, 4.69) is 4.98 Å². The predicted molar refractivity (Wildman–Crippen MR) is 117 cm³/mol. The van der Waals surface area contributed by atoms with Gasteiger partial charge in [-0.05, 0) is 49.9 Å². The van der Waals surface area contributed by atoms with E-state index < -0.39 is 11.7 Å². The molecule has 5 nitrogen and oxygen atoms in total. The van der Waals surface area contributed by atoms with Gasteiger partial charge in [0.25, 0.3) is 0 Å². The quantitative estimate of drug-likeness (QED) is 0.533. The summed E-state index contributed by atoms with van der Waals surface area (Å²) in [7, 11) is 0. The average Bonchev–Trinajstić information content (AvgIpc) is 3.45. The van der Waals surface area contributed by atoms with Gasteiger partial charge in [-0.2, -0.15) is 13.2 Å². The second-order valence-electron chi connectivity index (χ2n) is 8.37. The minimum atomic E-state index is -4.48. The first-order valence-corrected chi connectivity index (χ1v) is 11.7. The lowest BCUT2D eigenvalue weighted by atomic mass is 9.95. The van der Waals surface area contributed by atoms with E-state index >= 15 is 0 Å². The number of aromatic nitrogens is 2. The molecule has 0 saturated carbocycles. The summed E-state index contributed by atoms with van der Waals surface area (Å²) in [5.41, 5.74) is 0.187. The fourth-order valence-electron chi connectivity index (χ4n) is 4.80. The van der Waals surface area contributed by atoms with Crippen LogP contribution in [0.15, 0.2) is 42.6 Å². The minimum absolute atomic E-state index is 0.0148. The lowest BCUT2D eigenvalue weighted by Crippen LogP contribution is -2.45. The van der Waals surface area contributed by atoms with Crippen molar-refractivity contribution >= 4 is 33.3 Å². The van der Waals surface area contributed by atoms with Crippen LogP contribution in [0, 0.1) is 5.92 Å². The molecule has 0 spiro atoms. The van der Waals surface area contributed by atoms with Crippen LogP contribution in [0.25, 0.3) is 10.2 Å². The third kappa shape index (κ3) is 3.94. The third-order valence-electron chi connectivity index (χ3n) is 6.29. The molecule has 2 aromatic heterocycles. The van der Waals surface area contributed by atoms with Crippen molar-refractivity contribution < 1.29 is 18.0 Å². The first kappa shape index (κ1) is 21.2. The largest absolute Gasteiger partial charge is 0.419 e. The molecular weight excluding hydrogens is 437 g/mol. The molecule has 4 heterocycles. The van der Waals surface area contributed by atoms with E-state index in [4.69, 9.17) is 4.98 Å². The molecule has 2 unspecified atom stereocenters. The highest BCUT2D eigenvalue weighted by Gasteiger charge is 2.40. The Morgan fingerprint density at radius 1 is 1.06 bits per heavy atom. The van der Waals surface area contributed by atoms with Crippen LogP contribution in [0.3, 0.4) is 0 Å². The SMILES string of the molecule is O=C(C1CCCN(c2ncccc2C(F)(F)F)C1)N1CCCC1c1nc2ccccc2s1. The molecule has 3 aromatic rings. The van der Waals surface area contributed by atoms with Crippen LogP contribution in [0.2, 0.25) is 0 Å². The number of nitrogens with zero attached hydrogens (tertiary/aromatic N) is 4. The molecule has 2 aliphatic heterocycles. The lowest BCUT2D eigenvalue weighted by Gasteiger charge is -2.36. The van der Waals surface area contributed by atoms with Gasteiger partial charge in [-0.3, -0.25) is 4.79 Å². The molecule has 2 fully saturated rings. The van der Waals surface area contributed by atoms with Crippen molar-refractivity contribution in [1.29, 1.82) is 0 Å². The Labute approximate surface area is 187 Å². The first-order valence-electron chi connectivity index (χ1n) is 10.8. The molecule has 168 valence electrons. The molecule has 2 atom stereocenters. The summed E-state index contributed by atoms with van der Waals surface area (Å²) in [6, 6.07) is 10.2. The molecule has 5 rings (SSSR count). The van der Waals surface area contributed by atoms with Crippen molar-refractivity contribution in [2.45, 2.75) is 37.9 Å². The number of likely N-dealkylation sites (tertiary alicyclic amines) is 1. The number of carbonyl (C=O) groups is 1. The highest BCUT2D eigenvalue weighted by molar-refractivity contribution is 7.18. The van der Waals surface area contributed by atoms with Gasteiger partial charge in [-0.25, -0.2) is 9.97 Å². The van der Waals surface area contributed by atoms with Crippen LogP contribution in [-0.4, -0.2) is 40.4 Å². The van der Waals surface area contributed by atoms with Gasteiger partial charge in [0.1, 0.15) is 10.8 Å². The van der Waals surface area contributed by atoms with Crippen LogP contribution in [-0.2, 0) is 11.0 Å². The van der Waals surface area contributed by atoms with Crippen molar-refractivity contribution in [3.8, 4) is 0 Å². The number of halogens is 3. The van der Waals surface area contributed by atoms with Crippen LogP contribution >= 0.6 is 11.3 Å². The van der Waals surface area contributed by atoms with Crippen molar-refractivity contribution in [3.05, 3.63) is 53.2 Å². The van der Waals surface area contributed by atoms with E-state index in [1.165, 1.54) is 12.3 Å². The Balaban J connectivity index is 1.36. The van der Waals surface area contributed by atoms with Crippen molar-refractivity contribution in [2.75, 3.05) is 24.5 Å². The average molecular weight is 461 g/mol. The second-order valence-corrected chi connectivity index (χ2v) is 9.43. The van der Waals surface area contributed by atoms with Gasteiger partial charge < -0.3 is 9.80 Å². The van der Waals surface area contributed by atoms with E-state index in [-0.39, 0.29) is 30.2 Å². The molecule has 1 amide bonds. The van der Waals surface area contributed by atoms with Crippen molar-refractivity contribution in [3.63, 3.8) is 0 Å². The fraction of sp³-hybridized carbons (Fsp3) is 0.435. The predicted octanol–water partition coefficient (Wildman–Crippen LogP) is 5.29. The van der Waals surface area contributed by atoms with Crippen molar-refractivity contribution in [2.24, 2.45) is 5.92 Å². The highest BCUT2D eigenvalue weighted by Crippen LogP contribution is 2.39. The van der Waals surface area contributed by atoms with Gasteiger partial charge in [0.15, 0.2) is 0 Å². The summed E-state index contributed by atoms with van der Waals surface area (Å²) >= 11 is 1.61. The van der Waals surface area contributed by atoms with Gasteiger partial charge in [0, 0.05) is 25.8 Å². The van der Waals surface area contributed by atoms with E-state index in [1.807, 2.05) is 29.2 Å². The molecule has 0 bridgehead atoms. The lowest BCUT2D eigenvalue weighted by molar-refractivity contribution is -0.137. The number of fused-ring (bicyclic) bond motifs is 1. The fourth-order valence-corrected chi connectivity index (χ4v) is 5.91. The van der Waals surface area contributed by atoms with Gasteiger partial charge >= 0.3 is 6.18 Å². The van der Waals surface area contributed by atoms with Gasteiger partial charge in [0.2, 0.25) is 5.91 Å². The Kier molecular flexibility index (Phi) is 5.53. The molecule has 0 N–H and O–H groups in total. The van der Waals surface area contributed by atoms with E-state index in [1.54, 1.807) is 16.2 Å². The van der Waals surface area contributed by atoms with E-state index in [0.29, 0.717) is 25.9 Å². The number of thiazole rings is 1. The summed E-state index contributed by atoms with van der Waals surface area (Å²) in [6.45, 7) is 1.38. The Morgan fingerprint density at radius 3 is 2.69 bits per heavy atom. The number of hydrogen-bond acceptors (Lipinski definition) is 5. The number of anilines is 1. The smallest absolute Gasteiger partial charge is 0.355 e. The normalized spacial score (nSPS) is 22.0. The maximum Gasteiger partial charge on any atom is 0.419 e. The Hall–Kier alpha value is -2.68. The standard InChI is InChI=1S/C23H23F3N4OS/c24-23(25,26)16-7-3-11-27-20(16)29-12-4-6-15(14-29)22(31)30-13-5-9-18(30)21-28-17-8-1-2-10-19(17)32-21/h1-3,7-8,10-11,15,18H,4-6,9,12-14H2. The summed E-state index contributed by atoms with van der Waals surface area (Å²) in [5.74, 6) is -0.413. The van der Waals surface area contributed by atoms with E-state index in [0.717, 1.165) is 34.1 Å². The van der Waals surface area contributed by atoms with Crippen LogP contribution < -0.4 is 4.90 Å². The van der Waals surface area contributed by atoms with Crippen LogP contribution in [0.4, 0.5) is 19.0 Å². The molecule has 2 saturated heterocycles. The number of pyridine rings is 1. The molecule has 0 radical (unpaired) electrons. The number of hydrogen-bond donors (Lipinski definition) is 0. The minimum Gasteiger partial charge on any atom is -0.355 e. The van der Waals surface area contributed by atoms with Gasteiger partial charge in [-0.15, -0.1) is 11.3 Å². The summed E-state index contributed by atoms with van der Waals surface area (Å²) in [4.78, 5) is 25.8. The number of rotatable bonds is 3. The number of alkyl halides is 3. The summed E-state index contributed by atoms with van der Waals surface area (Å²) < 4.78 is 41.5. The number of carbonyl (C=O) groups excluding carboxylic acids is 1. The maximum atomic E-state index is 13.5. The highest BCUT2D eigenvalue weighted by atomic mass is 32.1. The molecule has 2 aliphatic rings. The molecular formula is C23H23F3N4OS. The van der Waals surface area contributed by atoms with Gasteiger partial charge in [-0.1, -0.05) is 12.1 Å². The maximum absolute atomic E-state index is 13.5. The first-order chi connectivity index (χ1) is 15.4. The van der Waals surface area contributed by atoms with Crippen molar-refractivity contribution in [1.82, 2.24) is 14.9 Å². The zero-order valence-electron chi connectivity index (χ0n) is 17.4. The zero-order chi connectivity index (χ0) is 22.3. The monoisotopic (exact) mass is 460 g/mol.